The number of carbonyl (C=O) groups excluding carboxylic acids is 3. The van der Waals surface area contributed by atoms with Crippen LogP contribution in [0.3, 0.4) is 0 Å². The Hall–Kier alpha value is -2.20. The highest BCUT2D eigenvalue weighted by molar-refractivity contribution is 8.00. The third-order valence-corrected chi connectivity index (χ3v) is 6.11. The molecule has 0 saturated carbocycles. The van der Waals surface area contributed by atoms with Crippen molar-refractivity contribution in [3.05, 3.63) is 16.8 Å². The molecule has 0 spiro atoms. The molecule has 1 N–H and O–H groups in total. The Bertz CT molecular complexity index is 883. The van der Waals surface area contributed by atoms with Crippen molar-refractivity contribution in [1.29, 1.82) is 0 Å². The quantitative estimate of drug-likeness (QED) is 0.469. The van der Waals surface area contributed by atoms with Gasteiger partial charge in [0.05, 0.1) is 5.75 Å². The molecule has 0 unspecified atom stereocenters. The summed E-state index contributed by atoms with van der Waals surface area (Å²) in [4.78, 5) is 47.4. The minimum Gasteiger partial charge on any atom is -0.452 e. The fourth-order valence-corrected chi connectivity index (χ4v) is 4.47. The van der Waals surface area contributed by atoms with Gasteiger partial charge in [0.2, 0.25) is 0 Å². The van der Waals surface area contributed by atoms with Crippen molar-refractivity contribution in [3.63, 3.8) is 0 Å². The van der Waals surface area contributed by atoms with Crippen LogP contribution in [0.2, 0.25) is 0 Å². The van der Waals surface area contributed by atoms with E-state index in [-0.39, 0.29) is 12.3 Å². The van der Waals surface area contributed by atoms with Gasteiger partial charge < -0.3 is 10.1 Å². The molecule has 3 heterocycles. The van der Waals surface area contributed by atoms with Gasteiger partial charge in [-0.3, -0.25) is 14.5 Å². The van der Waals surface area contributed by atoms with E-state index in [1.54, 1.807) is 11.3 Å². The van der Waals surface area contributed by atoms with Crippen LogP contribution < -0.4 is 5.32 Å². The molecule has 2 aromatic rings. The first-order valence-corrected chi connectivity index (χ1v) is 9.81. The Kier molecular flexibility index (Phi) is 5.42. The van der Waals surface area contributed by atoms with Crippen LogP contribution >= 0.6 is 23.1 Å². The number of urea groups is 1. The highest BCUT2D eigenvalue weighted by Gasteiger charge is 2.31. The Balaban J connectivity index is 1.61. The summed E-state index contributed by atoms with van der Waals surface area (Å²) in [5.41, 5.74) is 1.10. The zero-order valence-electron chi connectivity index (χ0n) is 14.6. The summed E-state index contributed by atoms with van der Waals surface area (Å²) in [5.74, 6) is -1.04. The maximum atomic E-state index is 12.1. The second-order valence-electron chi connectivity index (χ2n) is 5.78. The summed E-state index contributed by atoms with van der Waals surface area (Å²) in [6.45, 7) is 6.17. The number of carbonyl (C=O) groups is 3. The zero-order chi connectivity index (χ0) is 18.8. The summed E-state index contributed by atoms with van der Waals surface area (Å²) >= 11 is 2.84. The number of thioether (sulfide) groups is 1. The third kappa shape index (κ3) is 3.65. The number of aromatic nitrogens is 2. The number of nitrogens with zero attached hydrogens (tertiary/aromatic N) is 3. The monoisotopic (exact) mass is 394 g/mol. The molecule has 138 valence electrons. The number of thiophene rings is 1. The van der Waals surface area contributed by atoms with Crippen molar-refractivity contribution in [2.75, 3.05) is 18.8 Å². The predicted molar refractivity (Wildman–Crippen MR) is 98.3 cm³/mol. The Morgan fingerprint density at radius 3 is 2.88 bits per heavy atom. The summed E-state index contributed by atoms with van der Waals surface area (Å²) in [6, 6.07) is -0.459. The average Bonchev–Trinajstić information content (AvgIpc) is 3.16. The van der Waals surface area contributed by atoms with Crippen LogP contribution in [0.15, 0.2) is 11.4 Å². The van der Waals surface area contributed by atoms with Crippen molar-refractivity contribution < 1.29 is 19.1 Å². The number of imide groups is 1. The highest BCUT2D eigenvalue weighted by atomic mass is 32.2. The summed E-state index contributed by atoms with van der Waals surface area (Å²) in [7, 11) is 0. The maximum absolute atomic E-state index is 12.1. The molecule has 1 aliphatic rings. The van der Waals surface area contributed by atoms with Gasteiger partial charge in [-0.2, -0.15) is 0 Å². The van der Waals surface area contributed by atoms with Crippen LogP contribution in [-0.4, -0.2) is 57.7 Å². The van der Waals surface area contributed by atoms with E-state index < -0.39 is 24.0 Å². The molecular formula is C16H18N4O4S2. The van der Waals surface area contributed by atoms with Gasteiger partial charge in [0.25, 0.3) is 5.91 Å². The molecule has 0 aromatic carbocycles. The smallest absolute Gasteiger partial charge is 0.324 e. The lowest BCUT2D eigenvalue weighted by Gasteiger charge is -2.18. The molecule has 2 aromatic heterocycles. The minimum atomic E-state index is -1.01. The lowest BCUT2D eigenvalue weighted by molar-refractivity contribution is -0.155. The van der Waals surface area contributed by atoms with E-state index in [2.05, 4.69) is 15.3 Å². The number of nitrogens with one attached hydrogen (secondary N) is 1. The van der Waals surface area contributed by atoms with Gasteiger partial charge in [0, 0.05) is 23.4 Å². The first-order valence-electron chi connectivity index (χ1n) is 8.00. The number of fused-ring (bicyclic) bond motifs is 1. The van der Waals surface area contributed by atoms with E-state index in [1.807, 2.05) is 13.8 Å². The SMILES string of the molecule is Cc1sc2ncnc(SCC(=O)O[C@H](C)C(=O)N3CCNC3=O)c2c1C. The standard InChI is InChI=1S/C16H18N4O4S2/c1-8-10(3)26-14-12(8)13(18-7-19-14)25-6-11(21)24-9(2)15(22)20-5-4-17-16(20)23/h7,9H,4-6H2,1-3H3,(H,17,23)/t9-/m1/s1. The second-order valence-corrected chi connectivity index (χ2v) is 7.95. The average molecular weight is 394 g/mol. The molecule has 1 saturated heterocycles. The van der Waals surface area contributed by atoms with Crippen LogP contribution in [-0.2, 0) is 14.3 Å². The maximum Gasteiger partial charge on any atom is 0.324 e. The highest BCUT2D eigenvalue weighted by Crippen LogP contribution is 2.34. The zero-order valence-corrected chi connectivity index (χ0v) is 16.2. The molecular weight excluding hydrogens is 376 g/mol. The minimum absolute atomic E-state index is 0.0181. The van der Waals surface area contributed by atoms with E-state index in [9.17, 15) is 14.4 Å². The topological polar surface area (TPSA) is 101 Å². The predicted octanol–water partition coefficient (Wildman–Crippen LogP) is 1.88. The molecule has 8 nitrogen and oxygen atoms in total. The first-order chi connectivity index (χ1) is 12.4. The Morgan fingerprint density at radius 1 is 1.42 bits per heavy atom. The molecule has 10 heteroatoms. The summed E-state index contributed by atoms with van der Waals surface area (Å²) in [5, 5.41) is 4.20. The van der Waals surface area contributed by atoms with Gasteiger partial charge >= 0.3 is 12.0 Å². The van der Waals surface area contributed by atoms with E-state index in [4.69, 9.17) is 4.74 Å². The third-order valence-electron chi connectivity index (χ3n) is 4.04. The van der Waals surface area contributed by atoms with E-state index in [1.165, 1.54) is 25.0 Å². The Labute approximate surface area is 158 Å². The van der Waals surface area contributed by atoms with Crippen molar-refractivity contribution >= 4 is 51.2 Å². The number of aryl methyl sites for hydroxylation is 2. The molecule has 0 radical (unpaired) electrons. The van der Waals surface area contributed by atoms with Crippen LogP contribution in [0.1, 0.15) is 17.4 Å². The van der Waals surface area contributed by atoms with Crippen LogP contribution in [0.5, 0.6) is 0 Å². The van der Waals surface area contributed by atoms with Gasteiger partial charge in [0.15, 0.2) is 6.10 Å². The molecule has 26 heavy (non-hydrogen) atoms. The lowest BCUT2D eigenvalue weighted by atomic mass is 10.2. The fourth-order valence-electron chi connectivity index (χ4n) is 2.57. The van der Waals surface area contributed by atoms with Gasteiger partial charge in [-0.25, -0.2) is 14.8 Å². The fraction of sp³-hybridized carbons (Fsp3) is 0.438. The Morgan fingerprint density at radius 2 is 2.19 bits per heavy atom. The second kappa shape index (κ2) is 7.58. The number of ether oxygens (including phenoxy) is 1. The van der Waals surface area contributed by atoms with Crippen LogP contribution in [0.4, 0.5) is 4.79 Å². The molecule has 1 fully saturated rings. The van der Waals surface area contributed by atoms with Crippen molar-refractivity contribution in [2.24, 2.45) is 0 Å². The van der Waals surface area contributed by atoms with E-state index >= 15 is 0 Å². The molecule has 3 rings (SSSR count). The van der Waals surface area contributed by atoms with Gasteiger partial charge in [0.1, 0.15) is 16.2 Å². The van der Waals surface area contributed by atoms with Crippen LogP contribution in [0, 0.1) is 13.8 Å². The number of rotatable bonds is 5. The largest absolute Gasteiger partial charge is 0.452 e. The van der Waals surface area contributed by atoms with Crippen LogP contribution in [0.25, 0.3) is 10.2 Å². The number of hydrogen-bond acceptors (Lipinski definition) is 8. The van der Waals surface area contributed by atoms with Gasteiger partial charge in [-0.15, -0.1) is 11.3 Å². The number of hydrogen-bond donors (Lipinski definition) is 1. The molecule has 3 amide bonds. The molecule has 1 atom stereocenters. The van der Waals surface area contributed by atoms with Gasteiger partial charge in [-0.05, 0) is 26.3 Å². The van der Waals surface area contributed by atoms with Crippen molar-refractivity contribution in [1.82, 2.24) is 20.2 Å². The van der Waals surface area contributed by atoms with E-state index in [0.29, 0.717) is 11.6 Å². The molecule has 0 bridgehead atoms. The van der Waals surface area contributed by atoms with Crippen molar-refractivity contribution in [2.45, 2.75) is 31.9 Å². The molecule has 0 aliphatic carbocycles. The summed E-state index contributed by atoms with van der Waals surface area (Å²) in [6.07, 6.45) is 0.464. The van der Waals surface area contributed by atoms with Crippen molar-refractivity contribution in [3.8, 4) is 0 Å². The van der Waals surface area contributed by atoms with E-state index in [0.717, 1.165) is 25.6 Å². The lowest BCUT2D eigenvalue weighted by Crippen LogP contribution is -2.42. The number of esters is 1. The summed E-state index contributed by atoms with van der Waals surface area (Å²) < 4.78 is 5.17. The number of amides is 3. The normalized spacial score (nSPS) is 15.2. The first kappa shape index (κ1) is 18.6. The molecule has 1 aliphatic heterocycles. The van der Waals surface area contributed by atoms with Gasteiger partial charge in [-0.1, -0.05) is 11.8 Å².